The van der Waals surface area contributed by atoms with Crippen LogP contribution in [0.1, 0.15) is 16.1 Å². The second-order valence-electron chi connectivity index (χ2n) is 8.01. The molecule has 5 heterocycles. The van der Waals surface area contributed by atoms with Crippen LogP contribution in [0.2, 0.25) is 0 Å². The molecule has 0 unspecified atom stereocenters. The number of anilines is 3. The molecule has 1 fully saturated rings. The van der Waals surface area contributed by atoms with Crippen molar-refractivity contribution in [3.05, 3.63) is 65.8 Å². The first kappa shape index (κ1) is 19.8. The summed E-state index contributed by atoms with van der Waals surface area (Å²) in [4.78, 5) is 38.1. The molecule has 2 aliphatic rings. The number of urea groups is 1. The molecule has 2 aliphatic heterocycles. The van der Waals surface area contributed by atoms with Gasteiger partial charge in [0.25, 0.3) is 5.91 Å². The minimum absolute atomic E-state index is 0.0892. The summed E-state index contributed by atoms with van der Waals surface area (Å²) in [7, 11) is 0. The van der Waals surface area contributed by atoms with E-state index < -0.39 is 0 Å². The standard InChI is InChI=1S/C24H20N6O2S/c31-22(28-15-6-9-25-13-15)21-20-19-18(8-11-27-23(19)33-21)30(24(32)29-20)16-7-10-26-17(12-16)14-4-2-1-3-5-14/h1-5,7-8,10-12,15,25H,6,9,13H2,(H,28,31)(H,29,32)/t15-/m1/s1. The zero-order valence-electron chi connectivity index (χ0n) is 17.5. The Labute approximate surface area is 193 Å². The van der Waals surface area contributed by atoms with Crippen molar-refractivity contribution in [1.29, 1.82) is 0 Å². The van der Waals surface area contributed by atoms with E-state index >= 15 is 0 Å². The molecule has 1 saturated heterocycles. The molecule has 3 amide bonds. The van der Waals surface area contributed by atoms with Gasteiger partial charge in [0.1, 0.15) is 9.71 Å². The van der Waals surface area contributed by atoms with E-state index in [0.717, 1.165) is 36.2 Å². The van der Waals surface area contributed by atoms with Crippen molar-refractivity contribution in [3.63, 3.8) is 0 Å². The molecule has 0 saturated carbocycles. The molecule has 0 aliphatic carbocycles. The number of nitrogens with zero attached hydrogens (tertiary/aromatic N) is 3. The monoisotopic (exact) mass is 456 g/mol. The predicted molar refractivity (Wildman–Crippen MR) is 129 cm³/mol. The summed E-state index contributed by atoms with van der Waals surface area (Å²) in [5, 5.41) is 10.0. The van der Waals surface area contributed by atoms with Gasteiger partial charge < -0.3 is 16.0 Å². The molecule has 4 aromatic rings. The molecule has 0 spiro atoms. The number of thiophene rings is 1. The number of hydrogen-bond acceptors (Lipinski definition) is 6. The fourth-order valence-corrected chi connectivity index (χ4v) is 5.38. The largest absolute Gasteiger partial charge is 0.347 e. The summed E-state index contributed by atoms with van der Waals surface area (Å²) in [6.45, 7) is 1.64. The third-order valence-electron chi connectivity index (χ3n) is 5.92. The molecule has 0 bridgehead atoms. The highest BCUT2D eigenvalue weighted by Gasteiger charge is 2.33. The highest BCUT2D eigenvalue weighted by atomic mass is 32.1. The molecular weight excluding hydrogens is 436 g/mol. The maximum atomic E-state index is 13.3. The van der Waals surface area contributed by atoms with E-state index in [4.69, 9.17) is 0 Å². The van der Waals surface area contributed by atoms with Gasteiger partial charge in [0.2, 0.25) is 0 Å². The summed E-state index contributed by atoms with van der Waals surface area (Å²) in [5.41, 5.74) is 3.65. The zero-order chi connectivity index (χ0) is 22.4. The zero-order valence-corrected chi connectivity index (χ0v) is 18.4. The molecule has 1 aromatic carbocycles. The van der Waals surface area contributed by atoms with Crippen molar-refractivity contribution >= 4 is 50.6 Å². The third-order valence-corrected chi connectivity index (χ3v) is 7.02. The lowest BCUT2D eigenvalue weighted by atomic mass is 10.1. The fraction of sp³-hybridized carbons (Fsp3) is 0.167. The molecule has 3 aromatic heterocycles. The van der Waals surface area contributed by atoms with Crippen LogP contribution in [-0.4, -0.2) is 41.0 Å². The molecule has 164 valence electrons. The SMILES string of the molecule is O=C(N[C@@H]1CCNC1)c1sc2nccc3c2c1NC(=O)N3c1ccnc(-c2ccccc2)c1. The van der Waals surface area contributed by atoms with Gasteiger partial charge in [-0.3, -0.25) is 14.7 Å². The topological polar surface area (TPSA) is 99.2 Å². The molecule has 33 heavy (non-hydrogen) atoms. The van der Waals surface area contributed by atoms with Crippen LogP contribution in [0.4, 0.5) is 21.9 Å². The second kappa shape index (κ2) is 7.95. The van der Waals surface area contributed by atoms with Crippen molar-refractivity contribution in [1.82, 2.24) is 20.6 Å². The number of aromatic nitrogens is 2. The Morgan fingerprint density at radius 1 is 1.12 bits per heavy atom. The van der Waals surface area contributed by atoms with E-state index in [1.807, 2.05) is 42.5 Å². The van der Waals surface area contributed by atoms with Gasteiger partial charge in [-0.1, -0.05) is 30.3 Å². The first-order valence-corrected chi connectivity index (χ1v) is 11.6. The number of hydrogen-bond donors (Lipinski definition) is 3. The van der Waals surface area contributed by atoms with Gasteiger partial charge in [-0.05, 0) is 31.2 Å². The van der Waals surface area contributed by atoms with Crippen molar-refractivity contribution in [3.8, 4) is 11.3 Å². The lowest BCUT2D eigenvalue weighted by Gasteiger charge is -2.28. The summed E-state index contributed by atoms with van der Waals surface area (Å²) in [5.74, 6) is -0.184. The number of nitrogens with one attached hydrogen (secondary N) is 3. The minimum Gasteiger partial charge on any atom is -0.347 e. The number of benzene rings is 1. The Kier molecular flexibility index (Phi) is 4.78. The highest BCUT2D eigenvalue weighted by molar-refractivity contribution is 7.21. The van der Waals surface area contributed by atoms with Crippen LogP contribution in [0.3, 0.4) is 0 Å². The molecule has 0 radical (unpaired) electrons. The van der Waals surface area contributed by atoms with Crippen molar-refractivity contribution in [2.75, 3.05) is 23.3 Å². The van der Waals surface area contributed by atoms with Crippen LogP contribution < -0.4 is 20.9 Å². The van der Waals surface area contributed by atoms with Crippen LogP contribution in [0.5, 0.6) is 0 Å². The number of pyridine rings is 2. The Hall–Kier alpha value is -3.82. The molecule has 1 atom stereocenters. The second-order valence-corrected chi connectivity index (χ2v) is 9.01. The average Bonchev–Trinajstić information content (AvgIpc) is 3.49. The third kappa shape index (κ3) is 3.42. The van der Waals surface area contributed by atoms with E-state index in [9.17, 15) is 9.59 Å². The van der Waals surface area contributed by atoms with E-state index in [2.05, 4.69) is 25.9 Å². The Balaban J connectivity index is 1.42. The van der Waals surface area contributed by atoms with Gasteiger partial charge in [0, 0.05) is 30.5 Å². The maximum Gasteiger partial charge on any atom is 0.331 e. The van der Waals surface area contributed by atoms with E-state index in [0.29, 0.717) is 26.8 Å². The van der Waals surface area contributed by atoms with E-state index in [-0.39, 0.29) is 18.0 Å². The first-order valence-electron chi connectivity index (χ1n) is 10.7. The van der Waals surface area contributed by atoms with Gasteiger partial charge in [-0.25, -0.2) is 9.78 Å². The molecule has 3 N–H and O–H groups in total. The highest BCUT2D eigenvalue weighted by Crippen LogP contribution is 2.45. The van der Waals surface area contributed by atoms with Crippen LogP contribution in [-0.2, 0) is 0 Å². The predicted octanol–water partition coefficient (Wildman–Crippen LogP) is 4.13. The van der Waals surface area contributed by atoms with Crippen molar-refractivity contribution in [2.45, 2.75) is 12.5 Å². The van der Waals surface area contributed by atoms with Gasteiger partial charge >= 0.3 is 6.03 Å². The van der Waals surface area contributed by atoms with E-state index in [1.165, 1.54) is 11.3 Å². The van der Waals surface area contributed by atoms with Gasteiger partial charge in [-0.15, -0.1) is 11.3 Å². The van der Waals surface area contributed by atoms with E-state index in [1.54, 1.807) is 23.4 Å². The number of rotatable bonds is 4. The smallest absolute Gasteiger partial charge is 0.331 e. The molecule has 9 heteroatoms. The summed E-state index contributed by atoms with van der Waals surface area (Å²) < 4.78 is 0. The van der Waals surface area contributed by atoms with Crippen LogP contribution in [0.15, 0.2) is 60.9 Å². The summed E-state index contributed by atoms with van der Waals surface area (Å²) in [6.07, 6.45) is 4.26. The Bertz CT molecular complexity index is 1380. The van der Waals surface area contributed by atoms with Crippen LogP contribution >= 0.6 is 11.3 Å². The normalized spacial score (nSPS) is 17.3. The lowest BCUT2D eigenvalue weighted by Crippen LogP contribution is -2.37. The average molecular weight is 457 g/mol. The number of carbonyl (C=O) groups excluding carboxylic acids is 2. The Morgan fingerprint density at radius 3 is 2.79 bits per heavy atom. The molecule has 6 rings (SSSR count). The first-order chi connectivity index (χ1) is 16.2. The maximum absolute atomic E-state index is 13.3. The number of carbonyl (C=O) groups is 2. The van der Waals surface area contributed by atoms with Crippen molar-refractivity contribution < 1.29 is 9.59 Å². The van der Waals surface area contributed by atoms with Gasteiger partial charge in [-0.2, -0.15) is 0 Å². The Morgan fingerprint density at radius 2 is 1.97 bits per heavy atom. The van der Waals surface area contributed by atoms with Crippen LogP contribution in [0.25, 0.3) is 21.5 Å². The van der Waals surface area contributed by atoms with Gasteiger partial charge in [0.15, 0.2) is 0 Å². The quantitative estimate of drug-likeness (QED) is 0.429. The van der Waals surface area contributed by atoms with Crippen molar-refractivity contribution in [2.24, 2.45) is 0 Å². The molecular formula is C24H20N6O2S. The fourth-order valence-electron chi connectivity index (χ4n) is 4.35. The molecule has 8 nitrogen and oxygen atoms in total. The summed E-state index contributed by atoms with van der Waals surface area (Å²) >= 11 is 1.30. The lowest BCUT2D eigenvalue weighted by molar-refractivity contribution is 0.0945. The van der Waals surface area contributed by atoms with Gasteiger partial charge in [0.05, 0.1) is 28.1 Å². The summed E-state index contributed by atoms with van der Waals surface area (Å²) in [6, 6.07) is 15.1. The van der Waals surface area contributed by atoms with Crippen LogP contribution in [0, 0.1) is 0 Å². The number of amides is 3. The minimum atomic E-state index is -0.324.